The zero-order valence-electron chi connectivity index (χ0n) is 12.4. The smallest absolute Gasteiger partial charge is 0.262 e. The van der Waals surface area contributed by atoms with Gasteiger partial charge in [-0.25, -0.2) is 4.98 Å². The van der Waals surface area contributed by atoms with E-state index in [1.807, 2.05) is 17.5 Å². The number of H-pyrrole nitrogens is 2. The average Bonchev–Trinajstić information content (AvgIpc) is 3.25. The number of furan rings is 1. The molecule has 0 aromatic carbocycles. The summed E-state index contributed by atoms with van der Waals surface area (Å²) in [7, 11) is 0. The zero-order valence-corrected chi connectivity index (χ0v) is 13.2. The third kappa shape index (κ3) is 2.31. The first-order valence-electron chi connectivity index (χ1n) is 7.01. The molecule has 9 heteroatoms. The first-order chi connectivity index (χ1) is 11.6. The van der Waals surface area contributed by atoms with E-state index in [0.29, 0.717) is 11.6 Å². The lowest BCUT2D eigenvalue weighted by Gasteiger charge is -2.00. The van der Waals surface area contributed by atoms with Crippen molar-refractivity contribution in [1.29, 1.82) is 0 Å². The highest BCUT2D eigenvalue weighted by Gasteiger charge is 2.22. The van der Waals surface area contributed by atoms with E-state index in [4.69, 9.17) is 4.42 Å². The molecule has 8 nitrogen and oxygen atoms in total. The Bertz CT molecular complexity index is 1090. The van der Waals surface area contributed by atoms with Crippen molar-refractivity contribution in [3.8, 4) is 10.6 Å². The maximum atomic E-state index is 12.6. The number of thiophene rings is 1. The molecule has 0 aliphatic carbocycles. The summed E-state index contributed by atoms with van der Waals surface area (Å²) in [5, 5.41) is 11.7. The van der Waals surface area contributed by atoms with E-state index < -0.39 is 11.5 Å². The molecule has 0 saturated heterocycles. The monoisotopic (exact) mass is 341 g/mol. The SMILES string of the molecule is Cc1oc2nc[nH]c(=O)c2c1C(=O)Nc1cc(-c2cccs2)[nH]n1. The number of nitrogens with one attached hydrogen (secondary N) is 3. The van der Waals surface area contributed by atoms with E-state index in [2.05, 4.69) is 25.5 Å². The minimum Gasteiger partial charge on any atom is -0.442 e. The number of aromatic amines is 2. The molecule has 0 aliphatic heterocycles. The van der Waals surface area contributed by atoms with Crippen LogP contribution < -0.4 is 10.9 Å². The predicted octanol–water partition coefficient (Wildman–Crippen LogP) is 2.53. The number of rotatable bonds is 3. The molecule has 24 heavy (non-hydrogen) atoms. The Morgan fingerprint density at radius 1 is 1.42 bits per heavy atom. The quantitative estimate of drug-likeness (QED) is 0.529. The number of aromatic nitrogens is 4. The third-order valence-corrected chi connectivity index (χ3v) is 4.41. The number of amides is 1. The number of carbonyl (C=O) groups excluding carboxylic acids is 1. The Morgan fingerprint density at radius 3 is 3.08 bits per heavy atom. The average molecular weight is 341 g/mol. The van der Waals surface area contributed by atoms with Gasteiger partial charge in [-0.15, -0.1) is 11.3 Å². The van der Waals surface area contributed by atoms with Crippen LogP contribution in [0.3, 0.4) is 0 Å². The van der Waals surface area contributed by atoms with Crippen molar-refractivity contribution >= 4 is 34.2 Å². The van der Waals surface area contributed by atoms with E-state index in [-0.39, 0.29) is 16.7 Å². The molecule has 120 valence electrons. The van der Waals surface area contributed by atoms with Crippen LogP contribution >= 0.6 is 11.3 Å². The fourth-order valence-corrected chi connectivity index (χ4v) is 3.14. The number of nitrogens with zero attached hydrogens (tertiary/aromatic N) is 2. The molecule has 0 atom stereocenters. The van der Waals surface area contributed by atoms with Crippen LogP contribution in [0.15, 0.2) is 39.1 Å². The van der Waals surface area contributed by atoms with E-state index in [9.17, 15) is 9.59 Å². The fraction of sp³-hybridized carbons (Fsp3) is 0.0667. The maximum absolute atomic E-state index is 12.6. The molecule has 0 radical (unpaired) electrons. The van der Waals surface area contributed by atoms with Gasteiger partial charge in [0.25, 0.3) is 11.5 Å². The van der Waals surface area contributed by atoms with Crippen LogP contribution in [0.2, 0.25) is 0 Å². The van der Waals surface area contributed by atoms with E-state index in [1.54, 1.807) is 24.3 Å². The first-order valence-corrected chi connectivity index (χ1v) is 7.89. The van der Waals surface area contributed by atoms with Crippen molar-refractivity contribution in [2.75, 3.05) is 5.32 Å². The molecule has 0 spiro atoms. The lowest BCUT2D eigenvalue weighted by molar-refractivity contribution is 0.102. The molecule has 0 fully saturated rings. The summed E-state index contributed by atoms with van der Waals surface area (Å²) in [4.78, 5) is 31.9. The van der Waals surface area contributed by atoms with Gasteiger partial charge in [0.2, 0.25) is 5.71 Å². The largest absolute Gasteiger partial charge is 0.442 e. The van der Waals surface area contributed by atoms with Crippen LogP contribution in [0, 0.1) is 6.92 Å². The Labute approximate surface area is 138 Å². The molecule has 3 N–H and O–H groups in total. The molecule has 4 aromatic rings. The molecular formula is C15H11N5O3S. The van der Waals surface area contributed by atoms with Gasteiger partial charge in [0.15, 0.2) is 5.82 Å². The van der Waals surface area contributed by atoms with Crippen molar-refractivity contribution in [2.24, 2.45) is 0 Å². The highest BCUT2D eigenvalue weighted by Crippen LogP contribution is 2.25. The van der Waals surface area contributed by atoms with Crippen molar-refractivity contribution in [3.05, 3.63) is 51.6 Å². The topological polar surface area (TPSA) is 117 Å². The van der Waals surface area contributed by atoms with E-state index >= 15 is 0 Å². The summed E-state index contributed by atoms with van der Waals surface area (Å²) in [6.45, 7) is 1.61. The normalized spacial score (nSPS) is 11.0. The van der Waals surface area contributed by atoms with Gasteiger partial charge >= 0.3 is 0 Å². The van der Waals surface area contributed by atoms with Crippen LogP contribution in [-0.2, 0) is 0 Å². The number of hydrogen-bond acceptors (Lipinski definition) is 6. The van der Waals surface area contributed by atoms with Crippen molar-refractivity contribution in [2.45, 2.75) is 6.92 Å². The standard InChI is InChI=1S/C15H11N5O3S/c1-7-11(12-13(21)16-6-17-15(12)23-7)14(22)18-10-5-8(19-20-10)9-3-2-4-24-9/h2-6H,1H3,(H,16,17,21)(H2,18,19,20,22). The van der Waals surface area contributed by atoms with Crippen LogP contribution in [0.1, 0.15) is 16.1 Å². The first kappa shape index (κ1) is 14.4. The van der Waals surface area contributed by atoms with Gasteiger partial charge in [-0.3, -0.25) is 14.7 Å². The number of carbonyl (C=O) groups is 1. The van der Waals surface area contributed by atoms with Crippen LogP contribution in [0.25, 0.3) is 21.7 Å². The molecule has 4 rings (SSSR count). The lowest BCUT2D eigenvalue weighted by Crippen LogP contribution is -2.16. The van der Waals surface area contributed by atoms with Gasteiger partial charge in [0.1, 0.15) is 11.1 Å². The van der Waals surface area contributed by atoms with Crippen molar-refractivity contribution < 1.29 is 9.21 Å². The molecule has 0 bridgehead atoms. The van der Waals surface area contributed by atoms with Gasteiger partial charge in [-0.1, -0.05) is 6.07 Å². The zero-order chi connectivity index (χ0) is 16.7. The van der Waals surface area contributed by atoms with Gasteiger partial charge in [0.05, 0.1) is 22.5 Å². The molecule has 1 amide bonds. The Hall–Kier alpha value is -3.20. The number of aryl methyl sites for hydroxylation is 1. The molecule has 4 heterocycles. The number of hydrogen-bond donors (Lipinski definition) is 3. The van der Waals surface area contributed by atoms with Gasteiger partial charge in [-0.05, 0) is 18.4 Å². The van der Waals surface area contributed by atoms with Crippen LogP contribution in [-0.4, -0.2) is 26.1 Å². The summed E-state index contributed by atoms with van der Waals surface area (Å²) >= 11 is 1.56. The molecule has 4 aromatic heterocycles. The lowest BCUT2D eigenvalue weighted by atomic mass is 10.2. The second-order valence-electron chi connectivity index (χ2n) is 5.04. The molecule has 0 saturated carbocycles. The molecule has 0 unspecified atom stereocenters. The van der Waals surface area contributed by atoms with E-state index in [0.717, 1.165) is 10.6 Å². The summed E-state index contributed by atoms with van der Waals surface area (Å²) in [5.41, 5.74) is 0.652. The second-order valence-corrected chi connectivity index (χ2v) is 5.99. The highest BCUT2D eigenvalue weighted by molar-refractivity contribution is 7.13. The summed E-state index contributed by atoms with van der Waals surface area (Å²) in [6.07, 6.45) is 1.23. The Kier molecular flexibility index (Phi) is 3.28. The minimum atomic E-state index is -0.478. The van der Waals surface area contributed by atoms with Crippen molar-refractivity contribution in [3.63, 3.8) is 0 Å². The van der Waals surface area contributed by atoms with E-state index in [1.165, 1.54) is 6.33 Å². The molecule has 0 aliphatic rings. The second kappa shape index (κ2) is 5.46. The summed E-state index contributed by atoms with van der Waals surface area (Å²) in [5.74, 6) is 0.201. The van der Waals surface area contributed by atoms with Crippen molar-refractivity contribution in [1.82, 2.24) is 20.2 Å². The molecular weight excluding hydrogens is 330 g/mol. The van der Waals surface area contributed by atoms with Gasteiger partial charge in [0, 0.05) is 6.07 Å². The Morgan fingerprint density at radius 2 is 2.29 bits per heavy atom. The highest BCUT2D eigenvalue weighted by atomic mass is 32.1. The Balaban J connectivity index is 1.68. The minimum absolute atomic E-state index is 0.126. The van der Waals surface area contributed by atoms with Crippen LogP contribution in [0.4, 0.5) is 5.82 Å². The summed E-state index contributed by atoms with van der Waals surface area (Å²) < 4.78 is 5.38. The summed E-state index contributed by atoms with van der Waals surface area (Å²) in [6, 6.07) is 5.60. The van der Waals surface area contributed by atoms with Crippen LogP contribution in [0.5, 0.6) is 0 Å². The maximum Gasteiger partial charge on any atom is 0.262 e. The predicted molar refractivity (Wildman–Crippen MR) is 89.2 cm³/mol. The fourth-order valence-electron chi connectivity index (χ4n) is 2.45. The third-order valence-electron chi connectivity index (χ3n) is 3.50. The number of fused-ring (bicyclic) bond motifs is 1. The van der Waals surface area contributed by atoms with Gasteiger partial charge in [-0.2, -0.15) is 5.10 Å². The number of anilines is 1. The van der Waals surface area contributed by atoms with Gasteiger partial charge < -0.3 is 14.7 Å².